The molecule has 0 heterocycles. The Labute approximate surface area is 191 Å². The molecule has 8 nitrogen and oxygen atoms in total. The molecule has 1 atom stereocenters. The van der Waals surface area contributed by atoms with Crippen LogP contribution in [0.1, 0.15) is 18.1 Å². The molecule has 0 unspecified atom stereocenters. The summed E-state index contributed by atoms with van der Waals surface area (Å²) in [6.45, 7) is 0.892. The van der Waals surface area contributed by atoms with Crippen LogP contribution in [0, 0.1) is 11.3 Å². The Morgan fingerprint density at radius 3 is 2.18 bits per heavy atom. The maximum atomic E-state index is 13.1. The van der Waals surface area contributed by atoms with E-state index in [0.717, 1.165) is 31.2 Å². The molecule has 0 fully saturated rings. The van der Waals surface area contributed by atoms with Gasteiger partial charge < -0.3 is 15.7 Å². The maximum absolute atomic E-state index is 13.1. The van der Waals surface area contributed by atoms with Gasteiger partial charge in [0.25, 0.3) is 5.91 Å². The van der Waals surface area contributed by atoms with Crippen molar-refractivity contribution in [3.63, 3.8) is 0 Å². The number of halogens is 4. The molecule has 0 saturated carbocycles. The summed E-state index contributed by atoms with van der Waals surface area (Å²) in [5.41, 5.74) is -4.60. The summed E-state index contributed by atoms with van der Waals surface area (Å²) in [5.74, 6) is -3.16. The lowest BCUT2D eigenvalue weighted by atomic mass is 10.1. The summed E-state index contributed by atoms with van der Waals surface area (Å²) in [6, 6.07) is 8.60. The third-order valence-corrected chi connectivity index (χ3v) is 6.46. The van der Waals surface area contributed by atoms with E-state index < -0.39 is 50.3 Å². The van der Waals surface area contributed by atoms with Crippen LogP contribution in [-0.2, 0) is 25.6 Å². The Bertz CT molecular complexity index is 1210. The monoisotopic (exact) mass is 503 g/mol. The van der Waals surface area contributed by atoms with Gasteiger partial charge in [-0.05, 0) is 49.4 Å². The number of aliphatic hydroxyl groups is 1. The summed E-state index contributed by atoms with van der Waals surface area (Å²) < 4.78 is 64.5. The number of anilines is 2. The van der Waals surface area contributed by atoms with Crippen LogP contribution in [0.5, 0.6) is 0 Å². The van der Waals surface area contributed by atoms with Gasteiger partial charge in [-0.2, -0.15) is 18.4 Å². The molecule has 3 N–H and O–H groups in total. The minimum absolute atomic E-state index is 0.267. The van der Waals surface area contributed by atoms with Crippen molar-refractivity contribution in [1.82, 2.24) is 0 Å². The Balaban J connectivity index is 2.20. The van der Waals surface area contributed by atoms with Crippen LogP contribution < -0.4 is 10.6 Å². The summed E-state index contributed by atoms with van der Waals surface area (Å²) in [5, 5.41) is 23.7. The molecule has 2 amide bonds. The Hall–Kier alpha value is -3.14. The smallest absolute Gasteiger partial charge is 0.379 e. The van der Waals surface area contributed by atoms with Crippen molar-refractivity contribution < 1.29 is 36.3 Å². The maximum Gasteiger partial charge on any atom is 0.417 e. The van der Waals surface area contributed by atoms with Gasteiger partial charge in [0.1, 0.15) is 5.88 Å². The summed E-state index contributed by atoms with van der Waals surface area (Å²) in [7, 11) is -4.22. The van der Waals surface area contributed by atoms with Crippen LogP contribution in [0.3, 0.4) is 0 Å². The van der Waals surface area contributed by atoms with E-state index >= 15 is 0 Å². The van der Waals surface area contributed by atoms with Crippen LogP contribution in [-0.4, -0.2) is 42.6 Å². The number of hydrogen-bond acceptors (Lipinski definition) is 6. The molecular formula is C20H17ClF3N3O5S. The van der Waals surface area contributed by atoms with Gasteiger partial charge in [0.15, 0.2) is 15.4 Å². The van der Waals surface area contributed by atoms with E-state index in [4.69, 9.17) is 16.9 Å². The number of alkyl halides is 4. The molecule has 0 spiro atoms. The van der Waals surface area contributed by atoms with Crippen LogP contribution in [0.4, 0.5) is 24.5 Å². The van der Waals surface area contributed by atoms with Crippen molar-refractivity contribution in [2.45, 2.75) is 23.6 Å². The number of nitrogens with one attached hydrogen (secondary N) is 2. The fourth-order valence-corrected chi connectivity index (χ4v) is 4.33. The number of benzene rings is 2. The molecule has 2 aromatic carbocycles. The average molecular weight is 504 g/mol. The van der Waals surface area contributed by atoms with Crippen molar-refractivity contribution in [3.8, 4) is 6.07 Å². The van der Waals surface area contributed by atoms with Crippen molar-refractivity contribution in [2.24, 2.45) is 0 Å². The number of carbonyl (C=O) groups is 2. The highest BCUT2D eigenvalue weighted by Crippen LogP contribution is 2.33. The first kappa shape index (κ1) is 26.1. The Kier molecular flexibility index (Phi) is 7.74. The predicted molar refractivity (Wildman–Crippen MR) is 113 cm³/mol. The molecule has 2 aromatic rings. The molecule has 0 saturated heterocycles. The fraction of sp³-hybridized carbons (Fsp3) is 0.250. The van der Waals surface area contributed by atoms with Crippen molar-refractivity contribution >= 4 is 44.6 Å². The number of sulfone groups is 1. The minimum Gasteiger partial charge on any atom is -0.379 e. The molecule has 0 radical (unpaired) electrons. The molecule has 0 aliphatic heterocycles. The van der Waals surface area contributed by atoms with E-state index in [9.17, 15) is 36.3 Å². The van der Waals surface area contributed by atoms with E-state index in [1.165, 1.54) is 18.2 Å². The van der Waals surface area contributed by atoms with Gasteiger partial charge in [0.2, 0.25) is 5.91 Å². The lowest BCUT2D eigenvalue weighted by Gasteiger charge is -2.22. The van der Waals surface area contributed by atoms with E-state index in [1.807, 2.05) is 5.32 Å². The van der Waals surface area contributed by atoms with Crippen molar-refractivity contribution in [2.75, 3.05) is 22.3 Å². The van der Waals surface area contributed by atoms with Crippen LogP contribution in [0.15, 0.2) is 47.4 Å². The highest BCUT2D eigenvalue weighted by molar-refractivity contribution is 7.91. The van der Waals surface area contributed by atoms with E-state index in [-0.39, 0.29) is 22.2 Å². The zero-order valence-corrected chi connectivity index (χ0v) is 18.5. The minimum atomic E-state index is -4.87. The number of amides is 2. The predicted octanol–water partition coefficient (Wildman–Crippen LogP) is 2.92. The van der Waals surface area contributed by atoms with Gasteiger partial charge in [0, 0.05) is 11.4 Å². The standard InChI is InChI=1S/C20H17ClF3N3O5S/c1-19(30,11-33(31,32)15-6-4-13(5-7-15)26-17(28)9-21)18(29)27-14-3-2-12(10-25)16(8-14)20(22,23)24/h2-8,30H,9,11H2,1H3,(H,26,28)(H,27,29)/t19-/m1/s1. The second-order valence-electron chi connectivity index (χ2n) is 7.06. The first-order chi connectivity index (χ1) is 15.2. The molecule has 0 aliphatic rings. The quantitative estimate of drug-likeness (QED) is 0.497. The summed E-state index contributed by atoms with van der Waals surface area (Å²) in [4.78, 5) is 23.4. The average Bonchev–Trinajstić information content (AvgIpc) is 2.72. The van der Waals surface area contributed by atoms with E-state index in [0.29, 0.717) is 6.07 Å². The zero-order valence-electron chi connectivity index (χ0n) is 16.9. The van der Waals surface area contributed by atoms with Crippen LogP contribution >= 0.6 is 11.6 Å². The second kappa shape index (κ2) is 9.78. The molecule has 176 valence electrons. The third-order valence-electron chi connectivity index (χ3n) is 4.28. The van der Waals surface area contributed by atoms with Gasteiger partial charge in [-0.3, -0.25) is 9.59 Å². The third kappa shape index (κ3) is 6.67. The molecule has 0 aromatic heterocycles. The van der Waals surface area contributed by atoms with Gasteiger partial charge in [0.05, 0.1) is 27.8 Å². The Morgan fingerprint density at radius 1 is 1.09 bits per heavy atom. The van der Waals surface area contributed by atoms with Gasteiger partial charge >= 0.3 is 6.18 Å². The van der Waals surface area contributed by atoms with E-state index in [2.05, 4.69) is 5.32 Å². The second-order valence-corrected chi connectivity index (χ2v) is 9.32. The van der Waals surface area contributed by atoms with Crippen molar-refractivity contribution in [3.05, 3.63) is 53.6 Å². The van der Waals surface area contributed by atoms with Crippen LogP contribution in [0.2, 0.25) is 0 Å². The highest BCUT2D eigenvalue weighted by atomic mass is 35.5. The SMILES string of the molecule is C[C@@](O)(CS(=O)(=O)c1ccc(NC(=O)CCl)cc1)C(=O)Nc1ccc(C#N)c(C(F)(F)F)c1. The lowest BCUT2D eigenvalue weighted by Crippen LogP contribution is -2.45. The molecule has 2 rings (SSSR count). The number of hydrogen-bond donors (Lipinski definition) is 3. The molecule has 13 heteroatoms. The lowest BCUT2D eigenvalue weighted by molar-refractivity contribution is -0.137. The molecule has 0 bridgehead atoms. The highest BCUT2D eigenvalue weighted by Gasteiger charge is 2.38. The normalized spacial score (nSPS) is 13.5. The number of nitriles is 1. The van der Waals surface area contributed by atoms with Crippen molar-refractivity contribution in [1.29, 1.82) is 5.26 Å². The number of nitrogens with zero attached hydrogens (tertiary/aromatic N) is 1. The topological polar surface area (TPSA) is 136 Å². The number of rotatable bonds is 7. The first-order valence-electron chi connectivity index (χ1n) is 9.03. The zero-order chi connectivity index (χ0) is 25.0. The van der Waals surface area contributed by atoms with E-state index in [1.54, 1.807) is 0 Å². The van der Waals surface area contributed by atoms with Crippen LogP contribution in [0.25, 0.3) is 0 Å². The van der Waals surface area contributed by atoms with Gasteiger partial charge in [-0.25, -0.2) is 8.42 Å². The Morgan fingerprint density at radius 2 is 1.67 bits per heavy atom. The summed E-state index contributed by atoms with van der Waals surface area (Å²) >= 11 is 5.37. The first-order valence-corrected chi connectivity index (χ1v) is 11.2. The fourth-order valence-electron chi connectivity index (χ4n) is 2.68. The molecule has 33 heavy (non-hydrogen) atoms. The van der Waals surface area contributed by atoms with Gasteiger partial charge in [-0.15, -0.1) is 11.6 Å². The van der Waals surface area contributed by atoms with Gasteiger partial charge in [-0.1, -0.05) is 0 Å². The molecule has 0 aliphatic carbocycles. The molecular weight excluding hydrogens is 487 g/mol. The summed E-state index contributed by atoms with van der Waals surface area (Å²) in [6.07, 6.45) is -4.87. The number of carbonyl (C=O) groups excluding carboxylic acids is 2. The largest absolute Gasteiger partial charge is 0.417 e.